The second-order valence-electron chi connectivity index (χ2n) is 3.85. The summed E-state index contributed by atoms with van der Waals surface area (Å²) < 4.78 is 14.6. The minimum atomic E-state index is -0.752. The normalized spacial score (nSPS) is 12.7. The summed E-state index contributed by atoms with van der Waals surface area (Å²) >= 11 is 5.90. The van der Waals surface area contributed by atoms with Crippen LogP contribution in [0.25, 0.3) is 0 Å². The zero-order valence-corrected chi connectivity index (χ0v) is 10.0. The largest absolute Gasteiger partial charge is 0.385 e. The van der Waals surface area contributed by atoms with Gasteiger partial charge in [0.05, 0.1) is 0 Å². The molecule has 0 bridgehead atoms. The number of aryl methyl sites for hydroxylation is 1. The van der Waals surface area contributed by atoms with Crippen molar-refractivity contribution in [2.45, 2.75) is 12.5 Å². The molecule has 17 heavy (non-hydrogen) atoms. The van der Waals surface area contributed by atoms with Gasteiger partial charge in [-0.15, -0.1) is 0 Å². The van der Waals surface area contributed by atoms with Gasteiger partial charge in [-0.05, 0) is 17.7 Å². The maximum atomic E-state index is 12.9. The summed E-state index contributed by atoms with van der Waals surface area (Å²) in [7, 11) is 1.80. The Hall–Kier alpha value is -1.39. The zero-order chi connectivity index (χ0) is 12.4. The molecule has 0 spiro atoms. The average molecular weight is 255 g/mol. The monoisotopic (exact) mass is 254 g/mol. The molecule has 3 nitrogen and oxygen atoms in total. The lowest BCUT2D eigenvalue weighted by Gasteiger charge is -2.11. The SMILES string of the molecule is Cn1ccnc1C(O)Cc1ccc(F)cc1Cl. The Balaban J connectivity index is 2.19. The Morgan fingerprint density at radius 1 is 1.53 bits per heavy atom. The number of aliphatic hydroxyl groups is 1. The van der Waals surface area contributed by atoms with Crippen LogP contribution in [-0.2, 0) is 13.5 Å². The number of rotatable bonds is 3. The molecular formula is C12H12ClFN2O. The van der Waals surface area contributed by atoms with Crippen LogP contribution in [0.15, 0.2) is 30.6 Å². The van der Waals surface area contributed by atoms with Crippen LogP contribution in [0.1, 0.15) is 17.5 Å². The summed E-state index contributed by atoms with van der Waals surface area (Å²) in [5.41, 5.74) is 0.698. The van der Waals surface area contributed by atoms with Gasteiger partial charge in [0.2, 0.25) is 0 Å². The molecule has 0 fully saturated rings. The van der Waals surface area contributed by atoms with Gasteiger partial charge in [0.15, 0.2) is 0 Å². The van der Waals surface area contributed by atoms with E-state index < -0.39 is 6.10 Å². The van der Waals surface area contributed by atoms with E-state index in [1.165, 1.54) is 12.1 Å². The smallest absolute Gasteiger partial charge is 0.137 e. The van der Waals surface area contributed by atoms with Crippen LogP contribution >= 0.6 is 11.6 Å². The van der Waals surface area contributed by atoms with Crippen molar-refractivity contribution in [3.63, 3.8) is 0 Å². The van der Waals surface area contributed by atoms with Gasteiger partial charge < -0.3 is 9.67 Å². The van der Waals surface area contributed by atoms with E-state index in [4.69, 9.17) is 11.6 Å². The van der Waals surface area contributed by atoms with Crippen molar-refractivity contribution < 1.29 is 9.50 Å². The van der Waals surface area contributed by atoms with Gasteiger partial charge in [-0.2, -0.15) is 0 Å². The second kappa shape index (κ2) is 4.85. The summed E-state index contributed by atoms with van der Waals surface area (Å²) in [6, 6.07) is 4.14. The fourth-order valence-corrected chi connectivity index (χ4v) is 1.93. The Morgan fingerprint density at radius 3 is 2.88 bits per heavy atom. The molecule has 0 aliphatic heterocycles. The van der Waals surface area contributed by atoms with E-state index in [0.29, 0.717) is 22.8 Å². The number of aliphatic hydroxyl groups excluding tert-OH is 1. The Labute approximate surface area is 103 Å². The molecule has 1 atom stereocenters. The highest BCUT2D eigenvalue weighted by Crippen LogP contribution is 2.23. The summed E-state index contributed by atoms with van der Waals surface area (Å²) in [6.07, 6.45) is 2.93. The van der Waals surface area contributed by atoms with Crippen molar-refractivity contribution in [2.24, 2.45) is 7.05 Å². The molecule has 5 heteroatoms. The third-order valence-electron chi connectivity index (χ3n) is 2.58. The van der Waals surface area contributed by atoms with Crippen LogP contribution in [0.2, 0.25) is 5.02 Å². The van der Waals surface area contributed by atoms with Crippen LogP contribution in [0.3, 0.4) is 0 Å². The molecule has 2 rings (SSSR count). The van der Waals surface area contributed by atoms with Gasteiger partial charge in [-0.25, -0.2) is 9.37 Å². The van der Waals surface area contributed by atoms with Crippen LogP contribution < -0.4 is 0 Å². The Morgan fingerprint density at radius 2 is 2.29 bits per heavy atom. The van der Waals surface area contributed by atoms with Gasteiger partial charge in [-0.3, -0.25) is 0 Å². The number of hydrogen-bond donors (Lipinski definition) is 1. The van der Waals surface area contributed by atoms with Gasteiger partial charge >= 0.3 is 0 Å². The topological polar surface area (TPSA) is 38.0 Å². The Kier molecular flexibility index (Phi) is 3.45. The molecule has 0 amide bonds. The number of imidazole rings is 1. The summed E-state index contributed by atoms with van der Waals surface area (Å²) in [5, 5.41) is 10.3. The predicted octanol–water partition coefficient (Wildman–Crippen LogP) is 2.49. The number of nitrogens with zero attached hydrogens (tertiary/aromatic N) is 2. The van der Waals surface area contributed by atoms with Crippen molar-refractivity contribution in [1.82, 2.24) is 9.55 Å². The third kappa shape index (κ3) is 2.65. The van der Waals surface area contributed by atoms with Gasteiger partial charge in [0.1, 0.15) is 17.7 Å². The molecule has 1 aromatic carbocycles. The minimum Gasteiger partial charge on any atom is -0.385 e. The van der Waals surface area contributed by atoms with Gasteiger partial charge in [0.25, 0.3) is 0 Å². The molecule has 0 radical (unpaired) electrons. The lowest BCUT2D eigenvalue weighted by atomic mass is 10.1. The summed E-state index contributed by atoms with van der Waals surface area (Å²) in [5.74, 6) is 0.177. The number of benzene rings is 1. The highest BCUT2D eigenvalue weighted by atomic mass is 35.5. The summed E-state index contributed by atoms with van der Waals surface area (Å²) in [6.45, 7) is 0. The van der Waals surface area contributed by atoms with E-state index in [-0.39, 0.29) is 5.82 Å². The molecule has 0 aliphatic carbocycles. The lowest BCUT2D eigenvalue weighted by molar-refractivity contribution is 0.165. The van der Waals surface area contributed by atoms with Crippen LogP contribution in [0.4, 0.5) is 4.39 Å². The second-order valence-corrected chi connectivity index (χ2v) is 4.26. The van der Waals surface area contributed by atoms with E-state index in [9.17, 15) is 9.50 Å². The zero-order valence-electron chi connectivity index (χ0n) is 9.27. The molecular weight excluding hydrogens is 243 g/mol. The van der Waals surface area contributed by atoms with E-state index >= 15 is 0 Å². The first-order chi connectivity index (χ1) is 8.08. The van der Waals surface area contributed by atoms with Crippen molar-refractivity contribution >= 4 is 11.6 Å². The fraction of sp³-hybridized carbons (Fsp3) is 0.250. The van der Waals surface area contributed by atoms with E-state index in [1.807, 2.05) is 0 Å². The number of halogens is 2. The first-order valence-electron chi connectivity index (χ1n) is 5.17. The average Bonchev–Trinajstić information content (AvgIpc) is 2.68. The predicted molar refractivity (Wildman–Crippen MR) is 63.3 cm³/mol. The molecule has 2 aromatic rings. The van der Waals surface area contributed by atoms with Crippen molar-refractivity contribution in [3.8, 4) is 0 Å². The quantitative estimate of drug-likeness (QED) is 0.914. The van der Waals surface area contributed by atoms with E-state index in [2.05, 4.69) is 4.98 Å². The van der Waals surface area contributed by atoms with Crippen molar-refractivity contribution in [3.05, 3.63) is 52.8 Å². The molecule has 1 N–H and O–H groups in total. The molecule has 90 valence electrons. The molecule has 1 heterocycles. The molecule has 1 unspecified atom stereocenters. The standard InChI is InChI=1S/C12H12ClFN2O/c1-16-5-4-15-12(16)11(17)6-8-2-3-9(14)7-10(8)13/h2-5,7,11,17H,6H2,1H3. The Bertz CT molecular complexity index is 527. The number of aromatic nitrogens is 2. The van der Waals surface area contributed by atoms with Crippen molar-refractivity contribution in [1.29, 1.82) is 0 Å². The molecule has 0 aliphatic rings. The fourth-order valence-electron chi connectivity index (χ4n) is 1.69. The first kappa shape index (κ1) is 12.1. The van der Waals surface area contributed by atoms with Crippen LogP contribution in [-0.4, -0.2) is 14.7 Å². The van der Waals surface area contributed by atoms with E-state index in [0.717, 1.165) is 0 Å². The molecule has 1 aromatic heterocycles. The minimum absolute atomic E-state index is 0.309. The van der Waals surface area contributed by atoms with Crippen LogP contribution in [0, 0.1) is 5.82 Å². The van der Waals surface area contributed by atoms with Gasteiger partial charge in [-0.1, -0.05) is 17.7 Å². The van der Waals surface area contributed by atoms with Crippen molar-refractivity contribution in [2.75, 3.05) is 0 Å². The summed E-state index contributed by atoms with van der Waals surface area (Å²) in [4.78, 5) is 4.05. The maximum Gasteiger partial charge on any atom is 0.137 e. The van der Waals surface area contributed by atoms with Crippen LogP contribution in [0.5, 0.6) is 0 Å². The first-order valence-corrected chi connectivity index (χ1v) is 5.55. The lowest BCUT2D eigenvalue weighted by Crippen LogP contribution is -2.08. The third-order valence-corrected chi connectivity index (χ3v) is 2.94. The van der Waals surface area contributed by atoms with E-state index in [1.54, 1.807) is 30.1 Å². The molecule has 0 saturated heterocycles. The maximum absolute atomic E-state index is 12.9. The van der Waals surface area contributed by atoms with Gasteiger partial charge in [0, 0.05) is 30.9 Å². The highest BCUT2D eigenvalue weighted by molar-refractivity contribution is 6.31. The number of hydrogen-bond acceptors (Lipinski definition) is 2. The molecule has 0 saturated carbocycles. The highest BCUT2D eigenvalue weighted by Gasteiger charge is 2.14.